The number of hydrogen-bond donors (Lipinski definition) is 0. The maximum absolute atomic E-state index is 12.4. The molecule has 4 aliphatic carbocycles. The third-order valence-corrected chi connectivity index (χ3v) is 8.58. The Morgan fingerprint density at radius 1 is 1.05 bits per heavy atom. The van der Waals surface area contributed by atoms with Gasteiger partial charge in [0.15, 0.2) is 0 Å². The van der Waals surface area contributed by atoms with Gasteiger partial charge in [0, 0.05) is 17.8 Å². The summed E-state index contributed by atoms with van der Waals surface area (Å²) in [6, 6.07) is 0. The Bertz CT molecular complexity index is 529. The molecular formula is C21H29O. The fourth-order valence-electron chi connectivity index (χ4n) is 7.16. The van der Waals surface area contributed by atoms with Crippen molar-refractivity contribution >= 4 is 5.78 Å². The molecule has 0 heterocycles. The second-order valence-electron chi connectivity index (χ2n) is 9.19. The first-order valence-corrected chi connectivity index (χ1v) is 9.44. The summed E-state index contributed by atoms with van der Waals surface area (Å²) in [7, 11) is 0. The molecule has 0 spiro atoms. The highest BCUT2D eigenvalue weighted by Gasteiger charge is 2.60. The normalized spacial score (nSPS) is 54.0. The molecule has 0 aliphatic heterocycles. The number of Topliss-reactive ketones (excluding diaryl/α,β-unsaturated/α-hetero) is 1. The Hall–Kier alpha value is -0.770. The van der Waals surface area contributed by atoms with Crippen molar-refractivity contribution in [3.63, 3.8) is 0 Å². The van der Waals surface area contributed by atoms with Crippen LogP contribution in [-0.2, 0) is 4.79 Å². The first-order chi connectivity index (χ1) is 10.5. The average molecular weight is 297 g/mol. The van der Waals surface area contributed by atoms with Crippen molar-refractivity contribution in [3.05, 3.63) is 6.42 Å². The van der Waals surface area contributed by atoms with Crippen LogP contribution in [0.2, 0.25) is 0 Å². The molecule has 1 nitrogen and oxygen atoms in total. The van der Waals surface area contributed by atoms with Gasteiger partial charge >= 0.3 is 0 Å². The maximum atomic E-state index is 12.4. The Morgan fingerprint density at radius 2 is 1.86 bits per heavy atom. The van der Waals surface area contributed by atoms with E-state index in [1.54, 1.807) is 0 Å². The lowest BCUT2D eigenvalue weighted by Gasteiger charge is -2.60. The van der Waals surface area contributed by atoms with Gasteiger partial charge in [0.05, 0.1) is 0 Å². The van der Waals surface area contributed by atoms with Crippen LogP contribution < -0.4 is 0 Å². The zero-order valence-corrected chi connectivity index (χ0v) is 14.2. The third kappa shape index (κ3) is 1.82. The van der Waals surface area contributed by atoms with Crippen LogP contribution in [0.3, 0.4) is 0 Å². The highest BCUT2D eigenvalue weighted by Crippen LogP contribution is 2.65. The van der Waals surface area contributed by atoms with E-state index in [4.69, 9.17) is 6.42 Å². The summed E-state index contributed by atoms with van der Waals surface area (Å²) < 4.78 is 0. The smallest absolute Gasteiger partial charge is 0.139 e. The van der Waals surface area contributed by atoms with Crippen LogP contribution in [0.15, 0.2) is 0 Å². The average Bonchev–Trinajstić information content (AvgIpc) is 2.82. The van der Waals surface area contributed by atoms with Gasteiger partial charge in [-0.3, -0.25) is 4.79 Å². The van der Waals surface area contributed by atoms with Gasteiger partial charge in [-0.15, -0.1) is 0 Å². The second kappa shape index (κ2) is 4.86. The summed E-state index contributed by atoms with van der Waals surface area (Å²) in [5.41, 5.74) is 0.494. The van der Waals surface area contributed by atoms with E-state index in [1.807, 2.05) is 0 Å². The molecule has 4 rings (SSSR count). The highest BCUT2D eigenvalue weighted by atomic mass is 16.1. The zero-order chi connectivity index (χ0) is 15.5. The predicted molar refractivity (Wildman–Crippen MR) is 87.4 cm³/mol. The van der Waals surface area contributed by atoms with Crippen molar-refractivity contribution in [1.29, 1.82) is 0 Å². The lowest BCUT2D eigenvalue weighted by atomic mass is 9.45. The van der Waals surface area contributed by atoms with Gasteiger partial charge in [-0.25, -0.2) is 0 Å². The van der Waals surface area contributed by atoms with Gasteiger partial charge in [-0.1, -0.05) is 19.8 Å². The number of hydrogen-bond acceptors (Lipinski definition) is 1. The molecule has 0 bridgehead atoms. The van der Waals surface area contributed by atoms with Gasteiger partial charge in [0.1, 0.15) is 5.78 Å². The molecule has 1 radical (unpaired) electrons. The molecule has 2 unspecified atom stereocenters. The third-order valence-electron chi connectivity index (χ3n) is 8.58. The molecule has 0 amide bonds. The van der Waals surface area contributed by atoms with E-state index in [0.717, 1.165) is 37.0 Å². The van der Waals surface area contributed by atoms with E-state index in [9.17, 15) is 4.79 Å². The molecule has 119 valence electrons. The van der Waals surface area contributed by atoms with Crippen molar-refractivity contribution in [1.82, 2.24) is 0 Å². The van der Waals surface area contributed by atoms with Crippen LogP contribution in [-0.4, -0.2) is 5.78 Å². The largest absolute Gasteiger partial charge is 0.299 e. The van der Waals surface area contributed by atoms with Crippen molar-refractivity contribution in [2.24, 2.45) is 40.4 Å². The summed E-state index contributed by atoms with van der Waals surface area (Å²) in [5.74, 6) is 6.86. The molecule has 1 heteroatoms. The molecule has 4 aliphatic rings. The summed E-state index contributed by atoms with van der Waals surface area (Å²) in [6.45, 7) is 4.83. The molecule has 0 aromatic rings. The fourth-order valence-corrected chi connectivity index (χ4v) is 7.16. The minimum absolute atomic E-state index is 0.0182. The molecule has 7 atom stereocenters. The zero-order valence-electron chi connectivity index (χ0n) is 14.2. The topological polar surface area (TPSA) is 17.1 Å². The molecule has 0 aromatic carbocycles. The van der Waals surface area contributed by atoms with E-state index in [0.29, 0.717) is 23.0 Å². The van der Waals surface area contributed by atoms with E-state index in [1.165, 1.54) is 38.5 Å². The fraction of sp³-hybridized carbons (Fsp3) is 0.857. The lowest BCUT2D eigenvalue weighted by Crippen LogP contribution is -2.53. The SMILES string of the molecule is [C]#CC1CC[C@@]2(C)C(CC[C@@H]3[C@H]2CC[C@]2(C)C(=O)CC[C@@H]32)C1. The Balaban J connectivity index is 1.62. The Kier molecular flexibility index (Phi) is 3.27. The van der Waals surface area contributed by atoms with Gasteiger partial charge in [0.25, 0.3) is 0 Å². The van der Waals surface area contributed by atoms with Crippen LogP contribution in [0.1, 0.15) is 71.6 Å². The van der Waals surface area contributed by atoms with Crippen molar-refractivity contribution in [2.45, 2.75) is 71.6 Å². The number of fused-ring (bicyclic) bond motifs is 5. The Labute approximate surface area is 135 Å². The van der Waals surface area contributed by atoms with Gasteiger partial charge in [0.2, 0.25) is 0 Å². The monoisotopic (exact) mass is 297 g/mol. The van der Waals surface area contributed by atoms with E-state index in [-0.39, 0.29) is 5.41 Å². The molecular weight excluding hydrogens is 268 g/mol. The minimum Gasteiger partial charge on any atom is -0.299 e. The first-order valence-electron chi connectivity index (χ1n) is 9.44. The lowest BCUT2D eigenvalue weighted by molar-refractivity contribution is -0.139. The molecule has 4 fully saturated rings. The summed E-state index contributed by atoms with van der Waals surface area (Å²) in [4.78, 5) is 12.4. The number of carbonyl (C=O) groups excluding carboxylic acids is 1. The molecule has 0 aromatic heterocycles. The van der Waals surface area contributed by atoms with Gasteiger partial charge < -0.3 is 0 Å². The predicted octanol–water partition coefficient (Wildman–Crippen LogP) is 4.80. The number of carbonyl (C=O) groups is 1. The van der Waals surface area contributed by atoms with Crippen LogP contribution in [0, 0.1) is 52.8 Å². The molecule has 0 saturated heterocycles. The summed E-state index contributed by atoms with van der Waals surface area (Å²) in [5, 5.41) is 0. The maximum Gasteiger partial charge on any atom is 0.139 e. The minimum atomic E-state index is 0.0182. The van der Waals surface area contributed by atoms with Crippen LogP contribution >= 0.6 is 0 Å². The molecule has 0 N–H and O–H groups in total. The quantitative estimate of drug-likeness (QED) is 0.587. The van der Waals surface area contributed by atoms with Crippen molar-refractivity contribution < 1.29 is 4.79 Å². The Morgan fingerprint density at radius 3 is 2.64 bits per heavy atom. The first kappa shape index (κ1) is 14.8. The van der Waals surface area contributed by atoms with Gasteiger partial charge in [-0.2, -0.15) is 0 Å². The standard InChI is InChI=1S/C21H29O/c1-4-14-9-11-20(2)15(13-14)5-6-16-17-7-8-19(22)21(17,3)12-10-18(16)20/h14-18H,5-13H2,2-3H3/t14?,15?,16-,17-,18+,20-,21-/m0/s1. The molecule has 22 heavy (non-hydrogen) atoms. The summed E-state index contributed by atoms with van der Waals surface area (Å²) >= 11 is 0. The highest BCUT2D eigenvalue weighted by molar-refractivity contribution is 5.87. The van der Waals surface area contributed by atoms with E-state index < -0.39 is 0 Å². The van der Waals surface area contributed by atoms with Crippen molar-refractivity contribution in [3.8, 4) is 5.92 Å². The van der Waals surface area contributed by atoms with Gasteiger partial charge in [-0.05, 0) is 86.9 Å². The number of rotatable bonds is 0. The summed E-state index contributed by atoms with van der Waals surface area (Å²) in [6.07, 6.45) is 18.2. The molecule has 4 saturated carbocycles. The van der Waals surface area contributed by atoms with Crippen LogP contribution in [0.25, 0.3) is 0 Å². The number of ketones is 1. The van der Waals surface area contributed by atoms with Crippen LogP contribution in [0.5, 0.6) is 0 Å². The van der Waals surface area contributed by atoms with E-state index >= 15 is 0 Å². The van der Waals surface area contributed by atoms with Crippen LogP contribution in [0.4, 0.5) is 0 Å². The second-order valence-corrected chi connectivity index (χ2v) is 9.19. The van der Waals surface area contributed by atoms with Crippen molar-refractivity contribution in [2.75, 3.05) is 0 Å². The van der Waals surface area contributed by atoms with E-state index in [2.05, 4.69) is 19.8 Å².